The quantitative estimate of drug-likeness (QED) is 0.327. The molecule has 3 aromatic rings. The number of hydrogen-bond donors (Lipinski definition) is 1. The van der Waals surface area contributed by atoms with E-state index in [0.29, 0.717) is 16.9 Å². The van der Waals surface area contributed by atoms with Crippen LogP contribution in [0, 0.1) is 17.0 Å². The van der Waals surface area contributed by atoms with E-state index in [1.807, 2.05) is 41.1 Å². The number of nitrogens with zero attached hydrogens (tertiary/aromatic N) is 3. The molecule has 0 saturated carbocycles. The summed E-state index contributed by atoms with van der Waals surface area (Å²) in [7, 11) is 0. The second kappa shape index (κ2) is 9.94. The monoisotopic (exact) mass is 473 g/mol. The number of aromatic nitrogens is 1. The van der Waals surface area contributed by atoms with Gasteiger partial charge in [-0.05, 0) is 24.6 Å². The predicted molar refractivity (Wildman–Crippen MR) is 109 cm³/mol. The molecule has 9 heteroatoms. The lowest BCUT2D eigenvalue weighted by atomic mass is 10.1. The molecule has 0 fully saturated rings. The molecule has 3 rings (SSSR count). The molecule has 0 aliphatic rings. The van der Waals surface area contributed by atoms with Crippen molar-refractivity contribution in [2.45, 2.75) is 13.5 Å². The third-order valence-corrected chi connectivity index (χ3v) is 4.91. The van der Waals surface area contributed by atoms with Gasteiger partial charge in [0.2, 0.25) is 4.80 Å². The van der Waals surface area contributed by atoms with E-state index in [9.17, 15) is 14.9 Å². The second-order valence-electron chi connectivity index (χ2n) is 6.03. The molecule has 0 radical (unpaired) electrons. The van der Waals surface area contributed by atoms with Crippen molar-refractivity contribution in [3.05, 3.63) is 92.6 Å². The Bertz CT molecular complexity index is 1090. The maximum Gasteiger partial charge on any atom is 0.271 e. The third kappa shape index (κ3) is 5.27. The number of hydrogen-bond acceptors (Lipinski definition) is 5. The fraction of sp³-hybridized carbons (Fsp3) is 0.100. The average molecular weight is 474 g/mol. The lowest BCUT2D eigenvalue weighted by Crippen LogP contribution is -3.00. The summed E-state index contributed by atoms with van der Waals surface area (Å²) in [6.07, 6.45) is 1.77. The Hall–Kier alpha value is -3.04. The van der Waals surface area contributed by atoms with Crippen LogP contribution in [0.4, 0.5) is 5.69 Å². The summed E-state index contributed by atoms with van der Waals surface area (Å²) in [6.45, 7) is 6.36. The molecular weight excluding hydrogens is 456 g/mol. The summed E-state index contributed by atoms with van der Waals surface area (Å²) in [5, 5.41) is 16.9. The molecule has 0 aliphatic carbocycles. The smallest absolute Gasteiger partial charge is 0.271 e. The molecule has 1 N–H and O–H groups in total. The van der Waals surface area contributed by atoms with E-state index >= 15 is 0 Å². The number of allylic oxidation sites excluding steroid dienone is 1. The van der Waals surface area contributed by atoms with Crippen LogP contribution < -0.4 is 27.2 Å². The van der Waals surface area contributed by atoms with Gasteiger partial charge in [0.05, 0.1) is 10.6 Å². The van der Waals surface area contributed by atoms with Crippen LogP contribution in [-0.2, 0) is 6.54 Å². The molecule has 0 unspecified atom stereocenters. The number of thiazole rings is 1. The molecule has 0 bridgehead atoms. The lowest BCUT2D eigenvalue weighted by Gasteiger charge is -2.07. The number of rotatable bonds is 6. The largest absolute Gasteiger partial charge is 1.00 e. The van der Waals surface area contributed by atoms with Gasteiger partial charge in [0.25, 0.3) is 11.6 Å². The van der Waals surface area contributed by atoms with Crippen molar-refractivity contribution in [1.29, 1.82) is 0 Å². The highest BCUT2D eigenvalue weighted by Gasteiger charge is 2.10. The van der Waals surface area contributed by atoms with Crippen LogP contribution in [0.25, 0.3) is 11.3 Å². The van der Waals surface area contributed by atoms with Gasteiger partial charge < -0.3 is 21.5 Å². The number of carbonyl (C=O) groups excluding carboxylic acids is 1. The number of halogens is 1. The molecule has 150 valence electrons. The third-order valence-electron chi connectivity index (χ3n) is 4.05. The highest BCUT2D eigenvalue weighted by atomic mass is 79.9. The van der Waals surface area contributed by atoms with Gasteiger partial charge in [-0.2, -0.15) is 0 Å². The number of benzene rings is 2. The minimum Gasteiger partial charge on any atom is -1.00 e. The van der Waals surface area contributed by atoms with Gasteiger partial charge in [0, 0.05) is 29.6 Å². The molecule has 29 heavy (non-hydrogen) atoms. The summed E-state index contributed by atoms with van der Waals surface area (Å²) in [5.41, 5.74) is 5.93. The Labute approximate surface area is 181 Å². The van der Waals surface area contributed by atoms with Crippen molar-refractivity contribution >= 4 is 22.9 Å². The van der Waals surface area contributed by atoms with Crippen LogP contribution in [0.15, 0.2) is 71.7 Å². The number of nitro groups is 1. The molecule has 0 atom stereocenters. The topological polar surface area (TPSA) is 89.5 Å². The normalized spacial score (nSPS) is 10.9. The van der Waals surface area contributed by atoms with E-state index in [-0.39, 0.29) is 22.7 Å². The molecule has 1 heterocycles. The van der Waals surface area contributed by atoms with Crippen LogP contribution in [0.1, 0.15) is 15.9 Å². The fourth-order valence-corrected chi connectivity index (χ4v) is 3.46. The van der Waals surface area contributed by atoms with E-state index in [0.717, 1.165) is 11.3 Å². The Kier molecular flexibility index (Phi) is 7.63. The zero-order valence-corrected chi connectivity index (χ0v) is 17.9. The van der Waals surface area contributed by atoms with Crippen molar-refractivity contribution in [3.8, 4) is 11.3 Å². The van der Waals surface area contributed by atoms with Gasteiger partial charge >= 0.3 is 0 Å². The molecule has 2 aromatic carbocycles. The number of nitro benzene ring substituents is 1. The lowest BCUT2D eigenvalue weighted by molar-refractivity contribution is -0.384. The van der Waals surface area contributed by atoms with Gasteiger partial charge in [-0.3, -0.25) is 14.9 Å². The predicted octanol–water partition coefficient (Wildman–Crippen LogP) is 0.869. The van der Waals surface area contributed by atoms with Crippen LogP contribution in [-0.4, -0.2) is 15.4 Å². The minimum absolute atomic E-state index is 0. The van der Waals surface area contributed by atoms with Crippen molar-refractivity contribution < 1.29 is 26.7 Å². The van der Waals surface area contributed by atoms with Crippen molar-refractivity contribution in [2.75, 3.05) is 0 Å². The van der Waals surface area contributed by atoms with Crippen LogP contribution in [0.3, 0.4) is 0 Å². The van der Waals surface area contributed by atoms with Crippen molar-refractivity contribution in [3.63, 3.8) is 0 Å². The van der Waals surface area contributed by atoms with Crippen LogP contribution in [0.5, 0.6) is 0 Å². The minimum atomic E-state index is -0.511. The van der Waals surface area contributed by atoms with Crippen molar-refractivity contribution in [1.82, 2.24) is 9.99 Å². The Morgan fingerprint density at radius 2 is 1.90 bits per heavy atom. The fourth-order valence-electron chi connectivity index (χ4n) is 2.58. The molecule has 1 amide bonds. The highest BCUT2D eigenvalue weighted by Crippen LogP contribution is 2.20. The number of aryl methyl sites for hydroxylation is 1. The maximum atomic E-state index is 12.3. The number of non-ortho nitro benzene ring substituents is 1. The number of amides is 1. The summed E-state index contributed by atoms with van der Waals surface area (Å²) in [4.78, 5) is 23.1. The van der Waals surface area contributed by atoms with Gasteiger partial charge in [-0.1, -0.05) is 35.9 Å². The second-order valence-corrected chi connectivity index (χ2v) is 6.86. The Balaban J connectivity index is 0.00000300. The summed E-state index contributed by atoms with van der Waals surface area (Å²) < 4.78 is 1.96. The zero-order valence-electron chi connectivity index (χ0n) is 15.5. The zero-order chi connectivity index (χ0) is 20.1. The molecule has 1 aromatic heterocycles. The van der Waals surface area contributed by atoms with E-state index in [1.165, 1.54) is 41.2 Å². The molecule has 0 spiro atoms. The summed E-state index contributed by atoms with van der Waals surface area (Å²) in [5.74, 6) is -0.440. The Morgan fingerprint density at radius 3 is 2.48 bits per heavy atom. The van der Waals surface area contributed by atoms with Gasteiger partial charge in [0.1, 0.15) is 0 Å². The first kappa shape index (κ1) is 22.3. The molecule has 0 aliphatic heterocycles. The first-order chi connectivity index (χ1) is 13.5. The molecule has 0 saturated heterocycles. The number of carbonyl (C=O) groups is 1. The van der Waals surface area contributed by atoms with Gasteiger partial charge in [0.15, 0.2) is 0 Å². The van der Waals surface area contributed by atoms with Crippen LogP contribution in [0.2, 0.25) is 0 Å². The van der Waals surface area contributed by atoms with E-state index < -0.39 is 10.8 Å². The summed E-state index contributed by atoms with van der Waals surface area (Å²) >= 11 is 1.40. The maximum absolute atomic E-state index is 12.3. The van der Waals surface area contributed by atoms with E-state index in [1.54, 1.807) is 6.08 Å². The van der Waals surface area contributed by atoms with E-state index in [2.05, 4.69) is 17.1 Å². The van der Waals surface area contributed by atoms with Crippen LogP contribution >= 0.6 is 11.3 Å². The molecular formula is C20H18BrN4O3S-. The molecule has 7 nitrogen and oxygen atoms in total. The van der Waals surface area contributed by atoms with E-state index in [4.69, 9.17) is 0 Å². The van der Waals surface area contributed by atoms with Gasteiger partial charge in [-0.15, -0.1) is 23.0 Å². The SMILES string of the molecule is C=CCn1c(-c2ccc(C)cc2)cs/c1=N/NC(=O)c1ccc([N+](=O)[O-])cc1.[Br-]. The first-order valence-corrected chi connectivity index (χ1v) is 9.32. The summed E-state index contributed by atoms with van der Waals surface area (Å²) in [6, 6.07) is 13.5. The standard InChI is InChI=1S/C20H18N4O3S.BrH/c1-3-12-23-18(15-6-4-14(2)5-7-15)13-28-20(23)22-21-19(25)16-8-10-17(11-9-16)24(26)27;/h3-11,13H,1,12H2,2H3,(H,21,25);1H/p-1/b22-20+;. The first-order valence-electron chi connectivity index (χ1n) is 8.44. The Morgan fingerprint density at radius 1 is 1.24 bits per heavy atom. The van der Waals surface area contributed by atoms with Crippen molar-refractivity contribution in [2.24, 2.45) is 5.10 Å². The highest BCUT2D eigenvalue weighted by molar-refractivity contribution is 7.07. The van der Waals surface area contributed by atoms with Gasteiger partial charge in [-0.25, -0.2) is 5.43 Å². The average Bonchev–Trinajstić information content (AvgIpc) is 3.09. The number of nitrogens with one attached hydrogen (secondary N) is 1.